The number of aromatic nitrogens is 1. The van der Waals surface area contributed by atoms with Gasteiger partial charge in [-0.25, -0.2) is 0 Å². The summed E-state index contributed by atoms with van der Waals surface area (Å²) in [6.45, 7) is 4.00. The van der Waals surface area contributed by atoms with Crippen molar-refractivity contribution in [3.63, 3.8) is 0 Å². The molecule has 0 bridgehead atoms. The summed E-state index contributed by atoms with van der Waals surface area (Å²) in [5.74, 6) is 0.263. The molecule has 0 fully saturated rings. The lowest BCUT2D eigenvalue weighted by molar-refractivity contribution is -0.577. The molecule has 0 atom stereocenters. The minimum atomic E-state index is -0.466. The number of hydrogen-bond acceptors (Lipinski definition) is 3. The van der Waals surface area contributed by atoms with E-state index in [-0.39, 0.29) is 11.6 Å². The second kappa shape index (κ2) is 4.01. The van der Waals surface area contributed by atoms with E-state index in [1.165, 1.54) is 6.07 Å². The van der Waals surface area contributed by atoms with Gasteiger partial charge in [0.15, 0.2) is 6.20 Å². The maximum Gasteiger partial charge on any atom is 0.289 e. The molecule has 0 N–H and O–H groups in total. The lowest BCUT2D eigenvalue weighted by Crippen LogP contribution is -2.26. The molecule has 0 unspecified atom stereocenters. The standard InChI is InChI=1S/C12H12N2O3/c1-8(2)9-3-4-11-10(7-9)12(14(16)17)5-6-13(11)15/h3-8H,1-2H3. The van der Waals surface area contributed by atoms with Crippen molar-refractivity contribution >= 4 is 16.6 Å². The third-order valence-corrected chi connectivity index (χ3v) is 2.77. The van der Waals surface area contributed by atoms with Crippen LogP contribution in [0.15, 0.2) is 30.5 Å². The van der Waals surface area contributed by atoms with Gasteiger partial charge in [0.25, 0.3) is 5.69 Å². The zero-order chi connectivity index (χ0) is 12.6. The number of pyridine rings is 1. The lowest BCUT2D eigenvalue weighted by atomic mass is 10.0. The average Bonchev–Trinajstić information content (AvgIpc) is 2.28. The van der Waals surface area contributed by atoms with Crippen molar-refractivity contribution in [1.82, 2.24) is 0 Å². The molecule has 17 heavy (non-hydrogen) atoms. The largest absolute Gasteiger partial charge is 0.618 e. The second-order valence-electron chi connectivity index (χ2n) is 4.22. The summed E-state index contributed by atoms with van der Waals surface area (Å²) in [4.78, 5) is 10.4. The molecule has 1 aromatic carbocycles. The van der Waals surface area contributed by atoms with Crippen LogP contribution in [0.3, 0.4) is 0 Å². The Morgan fingerprint density at radius 1 is 1.29 bits per heavy atom. The molecule has 2 aromatic rings. The van der Waals surface area contributed by atoms with E-state index in [0.717, 1.165) is 11.8 Å². The van der Waals surface area contributed by atoms with Crippen LogP contribution in [-0.2, 0) is 0 Å². The van der Waals surface area contributed by atoms with Crippen LogP contribution in [0.25, 0.3) is 10.9 Å². The summed E-state index contributed by atoms with van der Waals surface area (Å²) in [5.41, 5.74) is 1.27. The SMILES string of the molecule is CC(C)c1ccc2c(c1)c([N+](=O)[O-])cc[n+]2[O-]. The molecule has 0 radical (unpaired) electrons. The van der Waals surface area contributed by atoms with Gasteiger partial charge in [-0.15, -0.1) is 0 Å². The first-order chi connectivity index (χ1) is 8.00. The van der Waals surface area contributed by atoms with Gasteiger partial charge in [0, 0.05) is 6.07 Å². The van der Waals surface area contributed by atoms with E-state index in [2.05, 4.69) is 0 Å². The van der Waals surface area contributed by atoms with Gasteiger partial charge in [-0.1, -0.05) is 19.9 Å². The molecule has 0 aliphatic carbocycles. The molecule has 0 aliphatic heterocycles. The molecule has 88 valence electrons. The fourth-order valence-electron chi connectivity index (χ4n) is 1.78. The lowest BCUT2D eigenvalue weighted by Gasteiger charge is -2.07. The molecule has 1 aromatic heterocycles. The molecule has 0 spiro atoms. The van der Waals surface area contributed by atoms with Crippen molar-refractivity contribution in [2.24, 2.45) is 0 Å². The van der Waals surface area contributed by atoms with Crippen molar-refractivity contribution in [2.45, 2.75) is 19.8 Å². The third kappa shape index (κ3) is 1.91. The quantitative estimate of drug-likeness (QED) is 0.345. The Morgan fingerprint density at radius 2 is 2.00 bits per heavy atom. The highest BCUT2D eigenvalue weighted by molar-refractivity contribution is 5.86. The Hall–Kier alpha value is -2.17. The van der Waals surface area contributed by atoms with Crippen molar-refractivity contribution in [2.75, 3.05) is 0 Å². The van der Waals surface area contributed by atoms with Crippen molar-refractivity contribution in [3.05, 3.63) is 51.3 Å². The predicted molar refractivity (Wildman–Crippen MR) is 63.7 cm³/mol. The molecule has 0 amide bonds. The van der Waals surface area contributed by atoms with Crippen molar-refractivity contribution in [1.29, 1.82) is 0 Å². The Bertz CT molecular complexity index is 594. The Kier molecular flexibility index (Phi) is 2.67. The van der Waals surface area contributed by atoms with Crippen molar-refractivity contribution < 1.29 is 9.65 Å². The first-order valence-electron chi connectivity index (χ1n) is 5.31. The van der Waals surface area contributed by atoms with Gasteiger partial charge in [-0.05, 0) is 17.5 Å². The molecular weight excluding hydrogens is 220 g/mol. The maximum absolute atomic E-state index is 11.5. The van der Waals surface area contributed by atoms with E-state index in [9.17, 15) is 15.3 Å². The number of nitrogens with zero attached hydrogens (tertiary/aromatic N) is 2. The van der Waals surface area contributed by atoms with Crippen LogP contribution in [-0.4, -0.2) is 4.92 Å². The number of hydrogen-bond donors (Lipinski definition) is 0. The smallest absolute Gasteiger partial charge is 0.289 e. The Balaban J connectivity index is 2.80. The summed E-state index contributed by atoms with van der Waals surface area (Å²) < 4.78 is 0.645. The van der Waals surface area contributed by atoms with Gasteiger partial charge in [0.05, 0.1) is 11.0 Å². The first kappa shape index (κ1) is 11.3. The summed E-state index contributed by atoms with van der Waals surface area (Å²) in [6.07, 6.45) is 1.16. The van der Waals surface area contributed by atoms with Gasteiger partial charge in [0.1, 0.15) is 5.39 Å². The summed E-state index contributed by atoms with van der Waals surface area (Å²) in [6, 6.07) is 6.40. The zero-order valence-electron chi connectivity index (χ0n) is 9.58. The van der Waals surface area contributed by atoms with Crippen LogP contribution in [0, 0.1) is 15.3 Å². The highest BCUT2D eigenvalue weighted by Crippen LogP contribution is 2.26. The topological polar surface area (TPSA) is 70.1 Å². The summed E-state index contributed by atoms with van der Waals surface area (Å²) in [5, 5.41) is 22.8. The normalized spacial score (nSPS) is 11.0. The highest BCUT2D eigenvalue weighted by atomic mass is 16.6. The molecule has 5 nitrogen and oxygen atoms in total. The molecule has 0 aliphatic rings. The summed E-state index contributed by atoms with van der Waals surface area (Å²) >= 11 is 0. The van der Waals surface area contributed by atoms with E-state index in [1.54, 1.807) is 12.1 Å². The van der Waals surface area contributed by atoms with Gasteiger partial charge in [-0.2, -0.15) is 4.73 Å². The number of nitro groups is 1. The zero-order valence-corrected chi connectivity index (χ0v) is 9.58. The molecule has 0 saturated heterocycles. The molecule has 1 heterocycles. The Labute approximate surface area is 98.0 Å². The fourth-order valence-corrected chi connectivity index (χ4v) is 1.78. The number of rotatable bonds is 2. The number of benzene rings is 1. The van der Waals surface area contributed by atoms with Crippen LogP contribution in [0.2, 0.25) is 0 Å². The van der Waals surface area contributed by atoms with E-state index >= 15 is 0 Å². The third-order valence-electron chi connectivity index (χ3n) is 2.77. The molecule has 5 heteroatoms. The minimum Gasteiger partial charge on any atom is -0.618 e. The van der Waals surface area contributed by atoms with Gasteiger partial charge in [-0.3, -0.25) is 10.1 Å². The van der Waals surface area contributed by atoms with E-state index in [4.69, 9.17) is 0 Å². The van der Waals surface area contributed by atoms with Crippen LogP contribution in [0.1, 0.15) is 25.3 Å². The Morgan fingerprint density at radius 3 is 2.59 bits per heavy atom. The second-order valence-corrected chi connectivity index (χ2v) is 4.22. The molecular formula is C12H12N2O3. The first-order valence-corrected chi connectivity index (χ1v) is 5.31. The van der Waals surface area contributed by atoms with Crippen LogP contribution in [0.4, 0.5) is 5.69 Å². The van der Waals surface area contributed by atoms with Gasteiger partial charge >= 0.3 is 0 Å². The van der Waals surface area contributed by atoms with Gasteiger partial charge < -0.3 is 5.21 Å². The van der Waals surface area contributed by atoms with E-state index < -0.39 is 4.92 Å². The van der Waals surface area contributed by atoms with Crippen molar-refractivity contribution in [3.8, 4) is 0 Å². The van der Waals surface area contributed by atoms with Crippen LogP contribution >= 0.6 is 0 Å². The minimum absolute atomic E-state index is 0.0328. The van der Waals surface area contributed by atoms with E-state index in [0.29, 0.717) is 15.6 Å². The predicted octanol–water partition coefficient (Wildman–Crippen LogP) is 2.50. The van der Waals surface area contributed by atoms with Crippen LogP contribution in [0.5, 0.6) is 0 Å². The molecule has 0 saturated carbocycles. The highest BCUT2D eigenvalue weighted by Gasteiger charge is 2.18. The van der Waals surface area contributed by atoms with Gasteiger partial charge in [0.2, 0.25) is 5.52 Å². The van der Waals surface area contributed by atoms with Crippen LogP contribution < -0.4 is 4.73 Å². The fraction of sp³-hybridized carbons (Fsp3) is 0.250. The maximum atomic E-state index is 11.5. The monoisotopic (exact) mass is 232 g/mol. The average molecular weight is 232 g/mol. The molecule has 2 rings (SSSR count). The summed E-state index contributed by atoms with van der Waals surface area (Å²) in [7, 11) is 0. The van der Waals surface area contributed by atoms with E-state index in [1.807, 2.05) is 19.9 Å². The number of fused-ring (bicyclic) bond motifs is 1.